The lowest BCUT2D eigenvalue weighted by Gasteiger charge is -2.33. The highest BCUT2D eigenvalue weighted by atomic mass is 16.7. The lowest BCUT2D eigenvalue weighted by molar-refractivity contribution is -0.115. The molecular formula is C16H23N3O2. The minimum absolute atomic E-state index is 0.0733. The van der Waals surface area contributed by atoms with Crippen molar-refractivity contribution in [2.75, 3.05) is 32.2 Å². The van der Waals surface area contributed by atoms with Crippen LogP contribution >= 0.6 is 0 Å². The van der Waals surface area contributed by atoms with Crippen molar-refractivity contribution in [1.82, 2.24) is 9.97 Å². The average Bonchev–Trinajstić information content (AvgIpc) is 3.00. The summed E-state index contributed by atoms with van der Waals surface area (Å²) < 4.78 is 10.6. The minimum Gasteiger partial charge on any atom is -0.360 e. The van der Waals surface area contributed by atoms with Crippen LogP contribution in [0.15, 0.2) is 24.5 Å². The van der Waals surface area contributed by atoms with Crippen molar-refractivity contribution in [2.24, 2.45) is 5.92 Å². The molecule has 2 aromatic rings. The van der Waals surface area contributed by atoms with Gasteiger partial charge in [0.25, 0.3) is 0 Å². The molecule has 0 unspecified atom stereocenters. The zero-order valence-corrected chi connectivity index (χ0v) is 12.7. The maximum absolute atomic E-state index is 5.30. The van der Waals surface area contributed by atoms with E-state index >= 15 is 0 Å². The van der Waals surface area contributed by atoms with Crippen LogP contribution in [-0.4, -0.2) is 43.6 Å². The van der Waals surface area contributed by atoms with Gasteiger partial charge in [-0.3, -0.25) is 0 Å². The maximum Gasteiger partial charge on any atom is 0.157 e. The molecule has 0 aromatic carbocycles. The molecule has 5 nitrogen and oxygen atoms in total. The number of ether oxygens (including phenoxy) is 2. The predicted octanol–water partition coefficient (Wildman–Crippen LogP) is 2.79. The Hall–Kier alpha value is -1.59. The van der Waals surface area contributed by atoms with Gasteiger partial charge in [-0.25, -0.2) is 4.98 Å². The first-order chi connectivity index (χ1) is 10.3. The zero-order chi connectivity index (χ0) is 14.7. The summed E-state index contributed by atoms with van der Waals surface area (Å²) in [7, 11) is 3.42. The molecule has 1 N–H and O–H groups in total. The lowest BCUT2D eigenvalue weighted by atomic mass is 9.93. The largest absolute Gasteiger partial charge is 0.360 e. The number of methoxy groups -OCH3 is 2. The van der Waals surface area contributed by atoms with Crippen LogP contribution in [0.4, 0.5) is 5.82 Å². The number of piperidine rings is 1. The van der Waals surface area contributed by atoms with Gasteiger partial charge in [0, 0.05) is 45.3 Å². The molecule has 0 radical (unpaired) electrons. The number of nitrogens with one attached hydrogen (secondary N) is 1. The number of anilines is 1. The van der Waals surface area contributed by atoms with Gasteiger partial charge >= 0.3 is 0 Å². The zero-order valence-electron chi connectivity index (χ0n) is 12.7. The molecule has 2 aromatic heterocycles. The molecule has 0 amide bonds. The number of pyridine rings is 1. The molecule has 0 atom stereocenters. The molecule has 0 bridgehead atoms. The van der Waals surface area contributed by atoms with Crippen LogP contribution in [0.3, 0.4) is 0 Å². The van der Waals surface area contributed by atoms with Crippen molar-refractivity contribution < 1.29 is 9.47 Å². The molecule has 0 spiro atoms. The third kappa shape index (κ3) is 3.19. The van der Waals surface area contributed by atoms with Crippen molar-refractivity contribution >= 4 is 16.7 Å². The molecule has 1 aliphatic rings. The fraction of sp³-hybridized carbons (Fsp3) is 0.562. The summed E-state index contributed by atoms with van der Waals surface area (Å²) in [5.74, 6) is 1.75. The molecule has 1 aliphatic heterocycles. The van der Waals surface area contributed by atoms with Crippen LogP contribution in [-0.2, 0) is 9.47 Å². The van der Waals surface area contributed by atoms with Gasteiger partial charge in [-0.1, -0.05) is 0 Å². The number of H-pyrrole nitrogens is 1. The van der Waals surface area contributed by atoms with Gasteiger partial charge in [0.15, 0.2) is 6.29 Å². The van der Waals surface area contributed by atoms with E-state index in [1.54, 1.807) is 14.2 Å². The van der Waals surface area contributed by atoms with E-state index in [4.69, 9.17) is 9.47 Å². The normalized spacial score (nSPS) is 17.0. The minimum atomic E-state index is -0.0733. The van der Waals surface area contributed by atoms with E-state index in [2.05, 4.69) is 27.0 Å². The Kier molecular flexibility index (Phi) is 4.41. The number of aromatic amines is 1. The highest BCUT2D eigenvalue weighted by Crippen LogP contribution is 2.27. The van der Waals surface area contributed by atoms with Crippen molar-refractivity contribution in [1.29, 1.82) is 0 Å². The van der Waals surface area contributed by atoms with E-state index in [0.29, 0.717) is 5.92 Å². The number of fused-ring (bicyclic) bond motifs is 1. The molecular weight excluding hydrogens is 266 g/mol. The summed E-state index contributed by atoms with van der Waals surface area (Å²) in [6.45, 7) is 2.10. The summed E-state index contributed by atoms with van der Waals surface area (Å²) in [5, 5.41) is 1.22. The number of hydrogen-bond donors (Lipinski definition) is 1. The van der Waals surface area contributed by atoms with Gasteiger partial charge in [-0.2, -0.15) is 0 Å². The Morgan fingerprint density at radius 1 is 1.33 bits per heavy atom. The van der Waals surface area contributed by atoms with Crippen molar-refractivity contribution in [2.45, 2.75) is 25.6 Å². The van der Waals surface area contributed by atoms with Crippen LogP contribution in [0.25, 0.3) is 10.9 Å². The van der Waals surface area contributed by atoms with Crippen LogP contribution in [0.1, 0.15) is 19.3 Å². The Morgan fingerprint density at radius 2 is 2.10 bits per heavy atom. The third-order valence-electron chi connectivity index (χ3n) is 4.41. The van der Waals surface area contributed by atoms with Crippen molar-refractivity contribution in [3.05, 3.63) is 24.5 Å². The second-order valence-corrected chi connectivity index (χ2v) is 5.67. The van der Waals surface area contributed by atoms with E-state index in [9.17, 15) is 0 Å². The van der Waals surface area contributed by atoms with E-state index in [1.807, 2.05) is 12.4 Å². The third-order valence-corrected chi connectivity index (χ3v) is 4.41. The Balaban J connectivity index is 1.60. The van der Waals surface area contributed by atoms with Gasteiger partial charge in [0.05, 0.1) is 11.7 Å². The molecule has 114 valence electrons. The molecule has 21 heavy (non-hydrogen) atoms. The Bertz CT molecular complexity index is 572. The molecule has 3 rings (SSSR count). The summed E-state index contributed by atoms with van der Waals surface area (Å²) >= 11 is 0. The smallest absolute Gasteiger partial charge is 0.157 e. The fourth-order valence-corrected chi connectivity index (χ4v) is 3.07. The van der Waals surface area contributed by atoms with E-state index in [0.717, 1.165) is 43.7 Å². The van der Waals surface area contributed by atoms with Gasteiger partial charge < -0.3 is 19.4 Å². The van der Waals surface area contributed by atoms with E-state index in [1.165, 1.54) is 5.39 Å². The van der Waals surface area contributed by atoms with Crippen molar-refractivity contribution in [3.63, 3.8) is 0 Å². The molecule has 1 fully saturated rings. The lowest BCUT2D eigenvalue weighted by Crippen LogP contribution is -2.35. The highest BCUT2D eigenvalue weighted by molar-refractivity contribution is 5.81. The molecule has 3 heterocycles. The summed E-state index contributed by atoms with van der Waals surface area (Å²) in [6.07, 6.45) is 7.11. The highest BCUT2D eigenvalue weighted by Gasteiger charge is 2.23. The van der Waals surface area contributed by atoms with Crippen LogP contribution in [0.2, 0.25) is 0 Å². The predicted molar refractivity (Wildman–Crippen MR) is 83.5 cm³/mol. The molecule has 5 heteroatoms. The maximum atomic E-state index is 5.30. The summed E-state index contributed by atoms with van der Waals surface area (Å²) in [6, 6.07) is 4.26. The monoisotopic (exact) mass is 289 g/mol. The standard InChI is InChI=1S/C16H23N3O2/c1-20-16(21-2)9-12-4-7-19(8-5-12)15-10-13-3-6-17-14(13)11-18-15/h3,6,10-12,16-17H,4-5,7-9H2,1-2H3. The van der Waals surface area contributed by atoms with Gasteiger partial charge in [-0.15, -0.1) is 0 Å². The number of hydrogen-bond acceptors (Lipinski definition) is 4. The SMILES string of the molecule is COC(CC1CCN(c2cc3cc[nH]c3cn2)CC1)OC. The molecule has 1 saturated heterocycles. The van der Waals surface area contributed by atoms with Gasteiger partial charge in [0.1, 0.15) is 5.82 Å². The van der Waals surface area contributed by atoms with Crippen LogP contribution in [0, 0.1) is 5.92 Å². The number of aromatic nitrogens is 2. The molecule has 0 aliphatic carbocycles. The summed E-state index contributed by atoms with van der Waals surface area (Å²) in [5.41, 5.74) is 1.09. The van der Waals surface area contributed by atoms with Gasteiger partial charge in [0.2, 0.25) is 0 Å². The first kappa shape index (κ1) is 14.4. The first-order valence-corrected chi connectivity index (χ1v) is 7.54. The molecule has 0 saturated carbocycles. The topological polar surface area (TPSA) is 50.4 Å². The fourth-order valence-electron chi connectivity index (χ4n) is 3.07. The summed E-state index contributed by atoms with van der Waals surface area (Å²) in [4.78, 5) is 10.1. The second kappa shape index (κ2) is 6.45. The Labute approximate surface area is 125 Å². The number of rotatable bonds is 5. The van der Waals surface area contributed by atoms with E-state index < -0.39 is 0 Å². The van der Waals surface area contributed by atoms with Crippen molar-refractivity contribution in [3.8, 4) is 0 Å². The van der Waals surface area contributed by atoms with Crippen LogP contribution in [0.5, 0.6) is 0 Å². The second-order valence-electron chi connectivity index (χ2n) is 5.67. The average molecular weight is 289 g/mol. The van der Waals surface area contributed by atoms with Crippen LogP contribution < -0.4 is 4.90 Å². The Morgan fingerprint density at radius 3 is 2.81 bits per heavy atom. The number of nitrogens with zero attached hydrogens (tertiary/aromatic N) is 2. The first-order valence-electron chi connectivity index (χ1n) is 7.54. The van der Waals surface area contributed by atoms with E-state index in [-0.39, 0.29) is 6.29 Å². The van der Waals surface area contributed by atoms with Gasteiger partial charge in [-0.05, 0) is 30.9 Å². The quantitative estimate of drug-likeness (QED) is 0.860.